The molecule has 0 aromatic heterocycles. The van der Waals surface area contributed by atoms with Crippen molar-refractivity contribution >= 4 is 11.5 Å². The van der Waals surface area contributed by atoms with E-state index in [1.165, 1.54) is 25.3 Å². The van der Waals surface area contributed by atoms with E-state index in [2.05, 4.69) is 0 Å². The summed E-state index contributed by atoms with van der Waals surface area (Å²) in [6.07, 6.45) is 1.62. The van der Waals surface area contributed by atoms with Crippen LogP contribution in [0.4, 0.5) is 5.69 Å². The number of non-ortho nitro benzene ring substituents is 1. The lowest BCUT2D eigenvalue weighted by Gasteiger charge is -2.09. The zero-order valence-corrected chi connectivity index (χ0v) is 11.0. The molecule has 1 aromatic carbocycles. The SMILES string of the molecule is CCC(=O)CCCOc1ccc([N+](=O)[O-])cc1OC. The zero-order chi connectivity index (χ0) is 14.3. The predicted molar refractivity (Wildman–Crippen MR) is 69.7 cm³/mol. The number of nitro groups is 1. The largest absolute Gasteiger partial charge is 0.493 e. The molecule has 104 valence electrons. The van der Waals surface area contributed by atoms with E-state index in [0.29, 0.717) is 37.4 Å². The van der Waals surface area contributed by atoms with Crippen LogP contribution in [0, 0.1) is 10.1 Å². The first kappa shape index (κ1) is 14.9. The zero-order valence-electron chi connectivity index (χ0n) is 11.0. The molecule has 19 heavy (non-hydrogen) atoms. The van der Waals surface area contributed by atoms with Gasteiger partial charge in [-0.1, -0.05) is 6.92 Å². The molecule has 0 aliphatic heterocycles. The summed E-state index contributed by atoms with van der Waals surface area (Å²) in [5.74, 6) is 0.951. The van der Waals surface area contributed by atoms with Crippen LogP contribution in [0.5, 0.6) is 11.5 Å². The Labute approximate surface area is 111 Å². The van der Waals surface area contributed by atoms with Gasteiger partial charge in [-0.25, -0.2) is 0 Å². The fourth-order valence-electron chi connectivity index (χ4n) is 1.52. The molecule has 1 aromatic rings. The predicted octanol–water partition coefficient (Wildman–Crippen LogP) is 2.74. The number of hydrogen-bond donors (Lipinski definition) is 0. The minimum atomic E-state index is -0.494. The fraction of sp³-hybridized carbons (Fsp3) is 0.462. The molecule has 0 N–H and O–H groups in total. The van der Waals surface area contributed by atoms with Crippen LogP contribution in [0.3, 0.4) is 0 Å². The summed E-state index contributed by atoms with van der Waals surface area (Å²) in [4.78, 5) is 21.2. The second-order valence-corrected chi connectivity index (χ2v) is 3.94. The molecule has 0 aliphatic carbocycles. The van der Waals surface area contributed by atoms with Crippen molar-refractivity contribution in [3.8, 4) is 11.5 Å². The quantitative estimate of drug-likeness (QED) is 0.411. The molecule has 0 atom stereocenters. The van der Waals surface area contributed by atoms with Crippen molar-refractivity contribution in [3.05, 3.63) is 28.3 Å². The standard InChI is InChI=1S/C13H17NO5/c1-3-11(15)5-4-8-19-12-7-6-10(14(16)17)9-13(12)18-2/h6-7,9H,3-5,8H2,1-2H3. The summed E-state index contributed by atoms with van der Waals surface area (Å²) in [5.41, 5.74) is -0.0506. The maximum Gasteiger partial charge on any atom is 0.273 e. The lowest BCUT2D eigenvalue weighted by molar-refractivity contribution is -0.385. The van der Waals surface area contributed by atoms with Crippen LogP contribution in [-0.4, -0.2) is 24.4 Å². The molecule has 0 aliphatic rings. The normalized spacial score (nSPS) is 10.0. The number of benzene rings is 1. The molecule has 6 heteroatoms. The molecule has 0 heterocycles. The number of nitrogens with zero attached hydrogens (tertiary/aromatic N) is 1. The third kappa shape index (κ3) is 4.57. The van der Waals surface area contributed by atoms with Crippen molar-refractivity contribution in [1.82, 2.24) is 0 Å². The molecule has 6 nitrogen and oxygen atoms in total. The Morgan fingerprint density at radius 3 is 2.68 bits per heavy atom. The number of nitro benzene ring substituents is 1. The van der Waals surface area contributed by atoms with Gasteiger partial charge in [0.1, 0.15) is 5.78 Å². The number of ketones is 1. The second kappa shape index (κ2) is 7.35. The van der Waals surface area contributed by atoms with E-state index < -0.39 is 4.92 Å². The number of methoxy groups -OCH3 is 1. The summed E-state index contributed by atoms with van der Waals surface area (Å²) in [7, 11) is 1.42. The average Bonchev–Trinajstić information content (AvgIpc) is 2.42. The Balaban J connectivity index is 2.58. The Morgan fingerprint density at radius 2 is 2.11 bits per heavy atom. The summed E-state index contributed by atoms with van der Waals surface area (Å²) < 4.78 is 10.5. The van der Waals surface area contributed by atoms with Crippen LogP contribution in [0.25, 0.3) is 0 Å². The van der Waals surface area contributed by atoms with E-state index >= 15 is 0 Å². The van der Waals surface area contributed by atoms with Crippen LogP contribution in [-0.2, 0) is 4.79 Å². The maximum absolute atomic E-state index is 11.1. The summed E-state index contributed by atoms with van der Waals surface area (Å²) in [6, 6.07) is 4.17. The number of Topliss-reactive ketones (excluding diaryl/α,β-unsaturated/α-hetero) is 1. The number of rotatable bonds is 8. The molecule has 0 fully saturated rings. The third-order valence-electron chi connectivity index (χ3n) is 2.61. The van der Waals surface area contributed by atoms with E-state index in [4.69, 9.17) is 9.47 Å². The van der Waals surface area contributed by atoms with Gasteiger partial charge in [0.25, 0.3) is 5.69 Å². The van der Waals surface area contributed by atoms with Crippen LogP contribution >= 0.6 is 0 Å². The number of hydrogen-bond acceptors (Lipinski definition) is 5. The molecule has 0 saturated carbocycles. The number of carbonyl (C=O) groups is 1. The molecule has 0 spiro atoms. The Kier molecular flexibility index (Phi) is 5.78. The van der Waals surface area contributed by atoms with Crippen molar-refractivity contribution in [2.24, 2.45) is 0 Å². The smallest absolute Gasteiger partial charge is 0.273 e. The van der Waals surface area contributed by atoms with Crippen molar-refractivity contribution in [3.63, 3.8) is 0 Å². The highest BCUT2D eigenvalue weighted by molar-refractivity contribution is 5.77. The van der Waals surface area contributed by atoms with Gasteiger partial charge in [0.05, 0.1) is 24.7 Å². The Morgan fingerprint density at radius 1 is 1.37 bits per heavy atom. The molecule has 0 amide bonds. The van der Waals surface area contributed by atoms with Gasteiger partial charge < -0.3 is 9.47 Å². The first-order chi connectivity index (χ1) is 9.08. The molecule has 0 unspecified atom stereocenters. The first-order valence-corrected chi connectivity index (χ1v) is 6.05. The third-order valence-corrected chi connectivity index (χ3v) is 2.61. The van der Waals surface area contributed by atoms with Gasteiger partial charge in [-0.3, -0.25) is 14.9 Å². The summed E-state index contributed by atoms with van der Waals surface area (Å²) in [5, 5.41) is 10.6. The Hall–Kier alpha value is -2.11. The minimum absolute atomic E-state index is 0.0506. The van der Waals surface area contributed by atoms with Gasteiger partial charge in [-0.05, 0) is 12.5 Å². The van der Waals surface area contributed by atoms with Gasteiger partial charge in [0.15, 0.2) is 11.5 Å². The lowest BCUT2D eigenvalue weighted by Crippen LogP contribution is -2.03. The van der Waals surface area contributed by atoms with Gasteiger partial charge in [-0.2, -0.15) is 0 Å². The molecular weight excluding hydrogens is 250 g/mol. The first-order valence-electron chi connectivity index (χ1n) is 6.05. The molecular formula is C13H17NO5. The molecule has 0 radical (unpaired) electrons. The highest BCUT2D eigenvalue weighted by Crippen LogP contribution is 2.31. The van der Waals surface area contributed by atoms with Crippen LogP contribution < -0.4 is 9.47 Å². The van der Waals surface area contributed by atoms with Crippen molar-refractivity contribution in [2.45, 2.75) is 26.2 Å². The lowest BCUT2D eigenvalue weighted by atomic mass is 10.2. The van der Waals surface area contributed by atoms with Gasteiger partial charge in [0, 0.05) is 18.9 Å². The molecule has 0 saturated heterocycles. The van der Waals surface area contributed by atoms with Gasteiger partial charge in [-0.15, -0.1) is 0 Å². The Bertz CT molecular complexity index is 458. The highest BCUT2D eigenvalue weighted by atomic mass is 16.6. The topological polar surface area (TPSA) is 78.7 Å². The van der Waals surface area contributed by atoms with E-state index in [1.54, 1.807) is 0 Å². The summed E-state index contributed by atoms with van der Waals surface area (Å²) in [6.45, 7) is 2.20. The van der Waals surface area contributed by atoms with Crippen molar-refractivity contribution in [1.29, 1.82) is 0 Å². The summed E-state index contributed by atoms with van der Waals surface area (Å²) >= 11 is 0. The van der Waals surface area contributed by atoms with Crippen LogP contribution in [0.1, 0.15) is 26.2 Å². The van der Waals surface area contributed by atoms with E-state index in [-0.39, 0.29) is 11.5 Å². The molecule has 1 rings (SSSR count). The second-order valence-electron chi connectivity index (χ2n) is 3.94. The van der Waals surface area contributed by atoms with Crippen LogP contribution in [0.2, 0.25) is 0 Å². The monoisotopic (exact) mass is 267 g/mol. The maximum atomic E-state index is 11.1. The highest BCUT2D eigenvalue weighted by Gasteiger charge is 2.12. The fourth-order valence-corrected chi connectivity index (χ4v) is 1.52. The number of carbonyl (C=O) groups excluding carboxylic acids is 1. The number of ether oxygens (including phenoxy) is 2. The van der Waals surface area contributed by atoms with Crippen molar-refractivity contribution < 1.29 is 19.2 Å². The van der Waals surface area contributed by atoms with Crippen molar-refractivity contribution in [2.75, 3.05) is 13.7 Å². The van der Waals surface area contributed by atoms with Gasteiger partial charge >= 0.3 is 0 Å². The van der Waals surface area contributed by atoms with E-state index in [0.717, 1.165) is 0 Å². The van der Waals surface area contributed by atoms with Crippen LogP contribution in [0.15, 0.2) is 18.2 Å². The molecule has 0 bridgehead atoms. The van der Waals surface area contributed by atoms with E-state index in [1.807, 2.05) is 6.92 Å². The van der Waals surface area contributed by atoms with Gasteiger partial charge in [0.2, 0.25) is 0 Å². The van der Waals surface area contributed by atoms with E-state index in [9.17, 15) is 14.9 Å². The average molecular weight is 267 g/mol. The minimum Gasteiger partial charge on any atom is -0.493 e.